The molecule has 5 heteroatoms. The fourth-order valence-corrected chi connectivity index (χ4v) is 2.65. The molecule has 1 aliphatic heterocycles. The molecule has 20 heavy (non-hydrogen) atoms. The van der Waals surface area contributed by atoms with Crippen LogP contribution >= 0.6 is 0 Å². The van der Waals surface area contributed by atoms with Gasteiger partial charge in [-0.15, -0.1) is 0 Å². The number of non-ortho nitro benzene ring substituents is 1. The first-order chi connectivity index (χ1) is 9.47. The maximum Gasteiger partial charge on any atom is 0.269 e. The van der Waals surface area contributed by atoms with E-state index < -0.39 is 4.92 Å². The number of carbonyl (C=O) groups excluding carboxylic acids is 1. The molecule has 1 fully saturated rings. The van der Waals surface area contributed by atoms with E-state index in [4.69, 9.17) is 0 Å². The summed E-state index contributed by atoms with van der Waals surface area (Å²) >= 11 is 0. The fraction of sp³-hybridized carbons (Fsp3) is 0.533. The minimum Gasteiger partial charge on any atom is -0.293 e. The quantitative estimate of drug-likeness (QED) is 0.482. The van der Waals surface area contributed by atoms with Crippen molar-refractivity contribution in [1.82, 2.24) is 4.90 Å². The highest BCUT2D eigenvalue weighted by atomic mass is 16.6. The molecule has 0 amide bonds. The highest BCUT2D eigenvalue weighted by molar-refractivity contribution is 5.97. The first-order valence-corrected chi connectivity index (χ1v) is 6.99. The molecule has 1 aromatic rings. The van der Waals surface area contributed by atoms with Crippen LogP contribution < -0.4 is 0 Å². The molecule has 5 nitrogen and oxygen atoms in total. The zero-order valence-electron chi connectivity index (χ0n) is 11.9. The second-order valence-electron chi connectivity index (χ2n) is 5.69. The van der Waals surface area contributed by atoms with E-state index in [1.807, 2.05) is 0 Å². The molecule has 0 saturated carbocycles. The smallest absolute Gasteiger partial charge is 0.269 e. The number of ketones is 1. The molecule has 2 rings (SSSR count). The van der Waals surface area contributed by atoms with E-state index in [2.05, 4.69) is 18.7 Å². The Morgan fingerprint density at radius 2 is 1.95 bits per heavy atom. The standard InChI is InChI=1S/C15H20N2O3/c1-11-3-4-12(2)16(9-11)10-15(18)13-5-7-14(8-6-13)17(19)20/h5-8,11-12H,3-4,9-10H2,1-2H3. The minimum atomic E-state index is -0.456. The summed E-state index contributed by atoms with van der Waals surface area (Å²) in [6, 6.07) is 6.27. The van der Waals surface area contributed by atoms with Crippen LogP contribution in [0.3, 0.4) is 0 Å². The van der Waals surface area contributed by atoms with Crippen LogP contribution in [-0.2, 0) is 0 Å². The van der Waals surface area contributed by atoms with E-state index in [1.54, 1.807) is 12.1 Å². The van der Waals surface area contributed by atoms with Crippen LogP contribution in [0.5, 0.6) is 0 Å². The van der Waals surface area contributed by atoms with Gasteiger partial charge in [0.1, 0.15) is 0 Å². The van der Waals surface area contributed by atoms with Gasteiger partial charge in [-0.05, 0) is 37.8 Å². The predicted molar refractivity (Wildman–Crippen MR) is 76.9 cm³/mol. The van der Waals surface area contributed by atoms with E-state index in [0.29, 0.717) is 24.1 Å². The lowest BCUT2D eigenvalue weighted by Gasteiger charge is -2.36. The van der Waals surface area contributed by atoms with Gasteiger partial charge in [-0.3, -0.25) is 19.8 Å². The number of likely N-dealkylation sites (tertiary alicyclic amines) is 1. The number of benzene rings is 1. The number of Topliss-reactive ketones (excluding diaryl/α,β-unsaturated/α-hetero) is 1. The molecule has 0 spiro atoms. The van der Waals surface area contributed by atoms with E-state index in [-0.39, 0.29) is 11.5 Å². The zero-order chi connectivity index (χ0) is 14.7. The molecule has 2 unspecified atom stereocenters. The van der Waals surface area contributed by atoms with Crippen LogP contribution in [0.15, 0.2) is 24.3 Å². The molecular formula is C15H20N2O3. The molecule has 0 aliphatic carbocycles. The van der Waals surface area contributed by atoms with Gasteiger partial charge in [0.2, 0.25) is 0 Å². The Morgan fingerprint density at radius 3 is 2.55 bits per heavy atom. The predicted octanol–water partition coefficient (Wildman–Crippen LogP) is 2.90. The summed E-state index contributed by atoms with van der Waals surface area (Å²) in [7, 11) is 0. The summed E-state index contributed by atoms with van der Waals surface area (Å²) in [5.74, 6) is 0.650. The van der Waals surface area contributed by atoms with Crippen LogP contribution in [0.1, 0.15) is 37.0 Å². The van der Waals surface area contributed by atoms with E-state index in [0.717, 1.165) is 13.0 Å². The molecule has 2 atom stereocenters. The molecule has 1 saturated heterocycles. The molecule has 0 bridgehead atoms. The number of hydrogen-bond donors (Lipinski definition) is 0. The number of rotatable bonds is 4. The van der Waals surface area contributed by atoms with Crippen molar-refractivity contribution in [3.63, 3.8) is 0 Å². The summed E-state index contributed by atoms with van der Waals surface area (Å²) in [5.41, 5.74) is 0.558. The van der Waals surface area contributed by atoms with Crippen LogP contribution in [0.2, 0.25) is 0 Å². The third-order valence-electron chi connectivity index (χ3n) is 3.99. The number of nitro benzene ring substituents is 1. The van der Waals surface area contributed by atoms with Gasteiger partial charge in [-0.25, -0.2) is 0 Å². The number of carbonyl (C=O) groups is 1. The first-order valence-electron chi connectivity index (χ1n) is 6.99. The highest BCUT2D eigenvalue weighted by Crippen LogP contribution is 2.21. The number of nitro groups is 1. The van der Waals surface area contributed by atoms with Gasteiger partial charge >= 0.3 is 0 Å². The van der Waals surface area contributed by atoms with Crippen molar-refractivity contribution in [2.24, 2.45) is 5.92 Å². The van der Waals surface area contributed by atoms with E-state index in [1.165, 1.54) is 18.6 Å². The van der Waals surface area contributed by atoms with Crippen LogP contribution in [0.25, 0.3) is 0 Å². The molecule has 108 valence electrons. The lowest BCUT2D eigenvalue weighted by molar-refractivity contribution is -0.384. The van der Waals surface area contributed by atoms with Crippen molar-refractivity contribution >= 4 is 11.5 Å². The topological polar surface area (TPSA) is 63.5 Å². The number of nitrogens with zero attached hydrogens (tertiary/aromatic N) is 2. The van der Waals surface area contributed by atoms with Gasteiger partial charge in [0.15, 0.2) is 5.78 Å². The Balaban J connectivity index is 2.02. The molecule has 0 radical (unpaired) electrons. The Hall–Kier alpha value is -1.75. The summed E-state index contributed by atoms with van der Waals surface area (Å²) in [6.45, 7) is 5.69. The Labute approximate surface area is 118 Å². The van der Waals surface area contributed by atoms with Crippen molar-refractivity contribution in [3.05, 3.63) is 39.9 Å². The summed E-state index contributed by atoms with van der Waals surface area (Å²) in [4.78, 5) is 24.6. The van der Waals surface area contributed by atoms with Gasteiger partial charge in [0, 0.05) is 30.3 Å². The molecule has 1 heterocycles. The Kier molecular flexibility index (Phi) is 4.49. The van der Waals surface area contributed by atoms with Crippen molar-refractivity contribution in [2.75, 3.05) is 13.1 Å². The van der Waals surface area contributed by atoms with Gasteiger partial charge in [0.25, 0.3) is 5.69 Å². The monoisotopic (exact) mass is 276 g/mol. The number of piperidine rings is 1. The van der Waals surface area contributed by atoms with E-state index in [9.17, 15) is 14.9 Å². The molecule has 1 aliphatic rings. The van der Waals surface area contributed by atoms with Crippen molar-refractivity contribution < 1.29 is 9.72 Å². The van der Waals surface area contributed by atoms with Crippen molar-refractivity contribution in [3.8, 4) is 0 Å². The Morgan fingerprint density at radius 1 is 1.30 bits per heavy atom. The van der Waals surface area contributed by atoms with Crippen molar-refractivity contribution in [2.45, 2.75) is 32.7 Å². The number of hydrogen-bond acceptors (Lipinski definition) is 4. The molecule has 1 aromatic carbocycles. The molecule has 0 N–H and O–H groups in total. The van der Waals surface area contributed by atoms with Gasteiger partial charge < -0.3 is 0 Å². The normalized spacial score (nSPS) is 23.5. The van der Waals surface area contributed by atoms with Crippen LogP contribution in [0.4, 0.5) is 5.69 Å². The highest BCUT2D eigenvalue weighted by Gasteiger charge is 2.24. The largest absolute Gasteiger partial charge is 0.293 e. The maximum atomic E-state index is 12.2. The average molecular weight is 276 g/mol. The lowest BCUT2D eigenvalue weighted by atomic mass is 9.94. The zero-order valence-corrected chi connectivity index (χ0v) is 11.9. The lowest BCUT2D eigenvalue weighted by Crippen LogP contribution is -2.43. The molecule has 0 aromatic heterocycles. The second kappa shape index (κ2) is 6.13. The van der Waals surface area contributed by atoms with Gasteiger partial charge in [-0.1, -0.05) is 6.92 Å². The average Bonchev–Trinajstić information content (AvgIpc) is 2.43. The fourth-order valence-electron chi connectivity index (χ4n) is 2.65. The maximum absolute atomic E-state index is 12.2. The van der Waals surface area contributed by atoms with E-state index >= 15 is 0 Å². The first kappa shape index (κ1) is 14.7. The minimum absolute atomic E-state index is 0.0153. The summed E-state index contributed by atoms with van der Waals surface area (Å²) in [6.07, 6.45) is 2.33. The molecular weight excluding hydrogens is 256 g/mol. The third kappa shape index (κ3) is 3.42. The third-order valence-corrected chi connectivity index (χ3v) is 3.99. The SMILES string of the molecule is CC1CCC(C)N(CC(=O)c2ccc([N+](=O)[O-])cc2)C1. The van der Waals surface area contributed by atoms with Gasteiger partial charge in [-0.2, -0.15) is 0 Å². The second-order valence-corrected chi connectivity index (χ2v) is 5.69. The Bertz CT molecular complexity index is 498. The van der Waals surface area contributed by atoms with Crippen LogP contribution in [-0.4, -0.2) is 34.7 Å². The van der Waals surface area contributed by atoms with Crippen molar-refractivity contribution in [1.29, 1.82) is 0 Å². The van der Waals surface area contributed by atoms with Gasteiger partial charge in [0.05, 0.1) is 11.5 Å². The summed E-state index contributed by atoms with van der Waals surface area (Å²) < 4.78 is 0. The van der Waals surface area contributed by atoms with Crippen LogP contribution in [0, 0.1) is 16.0 Å². The summed E-state index contributed by atoms with van der Waals surface area (Å²) in [5, 5.41) is 10.6.